The molecule has 1 fully saturated rings. The average Bonchev–Trinajstić information content (AvgIpc) is 2.77. The third-order valence-electron chi connectivity index (χ3n) is 6.48. The van der Waals surface area contributed by atoms with E-state index in [1.807, 2.05) is 6.07 Å². The van der Waals surface area contributed by atoms with Gasteiger partial charge in [-0.2, -0.15) is 0 Å². The number of carbonyl (C=O) groups excluding carboxylic acids is 1. The maximum atomic E-state index is 12.2. The number of rotatable bonds is 10. The molecule has 2 aromatic rings. The highest BCUT2D eigenvalue weighted by molar-refractivity contribution is 6.06. The fraction of sp³-hybridized carbons (Fsp3) is 0.560. The zero-order valence-corrected chi connectivity index (χ0v) is 19.7. The van der Waals surface area contributed by atoms with Gasteiger partial charge in [-0.05, 0) is 50.7 Å². The van der Waals surface area contributed by atoms with Crippen LogP contribution in [0, 0.1) is 12.8 Å². The summed E-state index contributed by atoms with van der Waals surface area (Å²) in [6, 6.07) is 5.54. The molecule has 1 heterocycles. The average molecular weight is 458 g/mol. The molecule has 1 aromatic heterocycles. The van der Waals surface area contributed by atoms with Gasteiger partial charge in [0, 0.05) is 6.04 Å². The summed E-state index contributed by atoms with van der Waals surface area (Å²) in [7, 11) is 0. The number of carboxylic acids is 1. The molecule has 4 N–H and O–H groups in total. The van der Waals surface area contributed by atoms with Gasteiger partial charge in [0.15, 0.2) is 0 Å². The SMILES string of the molecule is CCC(CC)COCC(=O)NC1CCC(Oc2cccc3nc(C)c(C(=O)O)c(N)c23)CC1. The van der Waals surface area contributed by atoms with Crippen LogP contribution in [0.15, 0.2) is 18.2 Å². The molecule has 0 saturated heterocycles. The van der Waals surface area contributed by atoms with E-state index in [9.17, 15) is 14.7 Å². The molecule has 0 aliphatic heterocycles. The minimum absolute atomic E-state index is 0.0105. The predicted molar refractivity (Wildman–Crippen MR) is 128 cm³/mol. The lowest BCUT2D eigenvalue weighted by atomic mass is 9.93. The minimum atomic E-state index is -1.10. The van der Waals surface area contributed by atoms with Gasteiger partial charge in [0.25, 0.3) is 0 Å². The van der Waals surface area contributed by atoms with Crippen LogP contribution in [0.25, 0.3) is 10.9 Å². The van der Waals surface area contributed by atoms with Crippen molar-refractivity contribution < 1.29 is 24.2 Å². The van der Waals surface area contributed by atoms with Crippen molar-refractivity contribution >= 4 is 28.5 Å². The van der Waals surface area contributed by atoms with E-state index in [1.165, 1.54) is 0 Å². The maximum absolute atomic E-state index is 12.2. The summed E-state index contributed by atoms with van der Waals surface area (Å²) < 4.78 is 11.8. The van der Waals surface area contributed by atoms with Gasteiger partial charge in [0.1, 0.15) is 17.9 Å². The molecule has 0 spiro atoms. The van der Waals surface area contributed by atoms with Crippen LogP contribution in [0.3, 0.4) is 0 Å². The number of nitrogen functional groups attached to an aromatic ring is 1. The van der Waals surface area contributed by atoms with Crippen LogP contribution in [0.1, 0.15) is 68.4 Å². The molecule has 1 aliphatic rings. The van der Waals surface area contributed by atoms with E-state index in [-0.39, 0.29) is 35.9 Å². The number of amides is 1. The summed E-state index contributed by atoms with van der Waals surface area (Å²) >= 11 is 0. The highest BCUT2D eigenvalue weighted by Gasteiger charge is 2.25. The standard InChI is InChI=1S/C25H35N3O5/c1-4-16(5-2)13-32-14-21(29)28-17-9-11-18(12-10-17)33-20-8-6-7-19-23(20)24(26)22(25(30)31)15(3)27-19/h6-8,16-18H,4-5,9-14H2,1-3H3,(H2,26,27)(H,28,29)(H,30,31). The highest BCUT2D eigenvalue weighted by atomic mass is 16.5. The number of fused-ring (bicyclic) bond motifs is 1. The number of pyridine rings is 1. The van der Waals surface area contributed by atoms with E-state index >= 15 is 0 Å². The van der Waals surface area contributed by atoms with Crippen molar-refractivity contribution in [3.63, 3.8) is 0 Å². The number of hydrogen-bond donors (Lipinski definition) is 3. The van der Waals surface area contributed by atoms with Crippen molar-refractivity contribution in [3.05, 3.63) is 29.5 Å². The topological polar surface area (TPSA) is 124 Å². The first-order chi connectivity index (χ1) is 15.8. The van der Waals surface area contributed by atoms with Crippen molar-refractivity contribution in [1.29, 1.82) is 0 Å². The first-order valence-electron chi connectivity index (χ1n) is 11.8. The minimum Gasteiger partial charge on any atom is -0.490 e. The molecule has 1 amide bonds. The van der Waals surface area contributed by atoms with Crippen molar-refractivity contribution in [3.8, 4) is 5.75 Å². The molecular weight excluding hydrogens is 422 g/mol. The van der Waals surface area contributed by atoms with E-state index < -0.39 is 5.97 Å². The number of hydrogen-bond acceptors (Lipinski definition) is 6. The normalized spacial score (nSPS) is 18.4. The summed E-state index contributed by atoms with van der Waals surface area (Å²) in [6.45, 7) is 6.62. The summed E-state index contributed by atoms with van der Waals surface area (Å²) in [5, 5.41) is 13.1. The van der Waals surface area contributed by atoms with Crippen LogP contribution in [0.4, 0.5) is 5.69 Å². The Labute approximate surface area is 194 Å². The van der Waals surface area contributed by atoms with Gasteiger partial charge < -0.3 is 25.6 Å². The summed E-state index contributed by atoms with van der Waals surface area (Å²) in [5.74, 6) is -0.134. The van der Waals surface area contributed by atoms with Crippen LogP contribution in [0.5, 0.6) is 5.75 Å². The van der Waals surface area contributed by atoms with Crippen molar-refractivity contribution in [2.24, 2.45) is 5.92 Å². The third-order valence-corrected chi connectivity index (χ3v) is 6.48. The predicted octanol–water partition coefficient (Wildman–Crippen LogP) is 4.08. The molecule has 0 bridgehead atoms. The molecule has 1 aromatic carbocycles. The number of aromatic nitrogens is 1. The van der Waals surface area contributed by atoms with E-state index in [0.717, 1.165) is 38.5 Å². The lowest BCUT2D eigenvalue weighted by Gasteiger charge is -2.30. The van der Waals surface area contributed by atoms with Crippen molar-refractivity contribution in [1.82, 2.24) is 10.3 Å². The third kappa shape index (κ3) is 6.13. The first kappa shape index (κ1) is 24.8. The number of benzene rings is 1. The number of nitrogens with two attached hydrogens (primary N) is 1. The molecule has 0 atom stereocenters. The van der Waals surface area contributed by atoms with E-state index in [4.69, 9.17) is 15.2 Å². The fourth-order valence-electron chi connectivity index (χ4n) is 4.42. The van der Waals surface area contributed by atoms with Gasteiger partial charge in [0.2, 0.25) is 5.91 Å². The number of nitrogens with one attached hydrogen (secondary N) is 1. The van der Waals surface area contributed by atoms with Gasteiger partial charge in [-0.1, -0.05) is 32.8 Å². The maximum Gasteiger partial charge on any atom is 0.339 e. The van der Waals surface area contributed by atoms with Crippen molar-refractivity contribution in [2.45, 2.75) is 71.4 Å². The van der Waals surface area contributed by atoms with E-state index in [2.05, 4.69) is 24.1 Å². The summed E-state index contributed by atoms with van der Waals surface area (Å²) in [6.07, 6.45) is 5.24. The number of carboxylic acid groups (broad SMARTS) is 1. The van der Waals surface area contributed by atoms with Crippen molar-refractivity contribution in [2.75, 3.05) is 18.9 Å². The fourth-order valence-corrected chi connectivity index (χ4v) is 4.42. The van der Waals surface area contributed by atoms with Crippen LogP contribution < -0.4 is 15.8 Å². The second-order valence-electron chi connectivity index (χ2n) is 8.80. The quantitative estimate of drug-likeness (QED) is 0.491. The molecule has 8 heteroatoms. The Morgan fingerprint density at radius 2 is 1.91 bits per heavy atom. The number of anilines is 1. The van der Waals surface area contributed by atoms with Crippen LogP contribution in [-0.2, 0) is 9.53 Å². The molecule has 180 valence electrons. The van der Waals surface area contributed by atoms with E-state index in [1.54, 1.807) is 19.1 Å². The molecule has 1 aliphatic carbocycles. The van der Waals surface area contributed by atoms with Gasteiger partial charge in [-0.15, -0.1) is 0 Å². The molecule has 33 heavy (non-hydrogen) atoms. The molecule has 3 rings (SSSR count). The molecular formula is C25H35N3O5. The zero-order valence-electron chi connectivity index (χ0n) is 19.7. The number of ether oxygens (including phenoxy) is 2. The largest absolute Gasteiger partial charge is 0.490 e. The lowest BCUT2D eigenvalue weighted by molar-refractivity contribution is -0.127. The molecule has 0 unspecified atom stereocenters. The van der Waals surface area contributed by atoms with Gasteiger partial charge in [0.05, 0.1) is 35.0 Å². The second kappa shape index (κ2) is 11.3. The number of aryl methyl sites for hydroxylation is 1. The Morgan fingerprint density at radius 1 is 1.21 bits per heavy atom. The zero-order chi connectivity index (χ0) is 24.0. The summed E-state index contributed by atoms with van der Waals surface area (Å²) in [4.78, 5) is 28.2. The molecule has 0 radical (unpaired) electrons. The first-order valence-corrected chi connectivity index (χ1v) is 11.8. The Bertz CT molecular complexity index is 982. The smallest absolute Gasteiger partial charge is 0.339 e. The monoisotopic (exact) mass is 457 g/mol. The second-order valence-corrected chi connectivity index (χ2v) is 8.80. The molecule has 1 saturated carbocycles. The lowest BCUT2D eigenvalue weighted by Crippen LogP contribution is -2.41. The Morgan fingerprint density at radius 3 is 2.55 bits per heavy atom. The van der Waals surface area contributed by atoms with Crippen LogP contribution in [-0.4, -0.2) is 47.3 Å². The number of nitrogens with zero attached hydrogens (tertiary/aromatic N) is 1. The Balaban J connectivity index is 1.57. The number of aromatic carboxylic acids is 1. The highest BCUT2D eigenvalue weighted by Crippen LogP contribution is 2.35. The number of carbonyl (C=O) groups is 2. The summed E-state index contributed by atoms with van der Waals surface area (Å²) in [5.41, 5.74) is 7.40. The Hall–Kier alpha value is -2.87. The van der Waals surface area contributed by atoms with Gasteiger partial charge in [-0.3, -0.25) is 9.78 Å². The van der Waals surface area contributed by atoms with Gasteiger partial charge >= 0.3 is 5.97 Å². The van der Waals surface area contributed by atoms with Crippen LogP contribution in [0.2, 0.25) is 0 Å². The van der Waals surface area contributed by atoms with E-state index in [0.29, 0.717) is 34.9 Å². The molecule has 8 nitrogen and oxygen atoms in total. The van der Waals surface area contributed by atoms with Gasteiger partial charge in [-0.25, -0.2) is 4.79 Å². The Kier molecular flexibility index (Phi) is 8.49. The van der Waals surface area contributed by atoms with Crippen LogP contribution >= 0.6 is 0 Å².